The van der Waals surface area contributed by atoms with Gasteiger partial charge in [-0.2, -0.15) is 0 Å². The fraction of sp³-hybridized carbons (Fsp3) is 0. The smallest absolute Gasteiger partial charge is 0.870 e. The fourth-order valence-corrected chi connectivity index (χ4v) is 0. The fourth-order valence-electron chi connectivity index (χ4n) is 0. The van der Waals surface area contributed by atoms with E-state index in [9.17, 15) is 0 Å². The molecule has 0 atom stereocenters. The second kappa shape index (κ2) is 47.7. The molecular weight excluding hydrogens is 213 g/mol. The summed E-state index contributed by atoms with van der Waals surface area (Å²) in [6.45, 7) is 0. The van der Waals surface area contributed by atoms with Crippen LogP contribution in [0.1, 0.15) is 0 Å². The molecule has 3 nitrogen and oxygen atoms in total. The molecule has 0 amide bonds. The average Bonchev–Trinajstić information content (AvgIpc) is 0. The second-order valence-electron chi connectivity index (χ2n) is 0. The molecule has 0 aliphatic carbocycles. The van der Waals surface area contributed by atoms with Crippen molar-refractivity contribution in [1.82, 2.24) is 0 Å². The molecule has 4 radical (unpaired) electrons. The van der Waals surface area contributed by atoms with Crippen LogP contribution < -0.4 is 59.1 Å². The molecule has 0 bridgehead atoms. The monoisotopic (exact) mass is 218 g/mol. The van der Waals surface area contributed by atoms with E-state index in [-0.39, 0.29) is 99.5 Å². The molecule has 0 saturated carbocycles. The van der Waals surface area contributed by atoms with Crippen LogP contribution in [0.15, 0.2) is 0 Å². The summed E-state index contributed by atoms with van der Waals surface area (Å²) in [4.78, 5) is 0. The summed E-state index contributed by atoms with van der Waals surface area (Å²) in [6.07, 6.45) is 0. The molecule has 0 rings (SSSR count). The van der Waals surface area contributed by atoms with E-state index in [0.29, 0.717) is 0 Å². The maximum Gasteiger partial charge on any atom is 1.00 e. The van der Waals surface area contributed by atoms with Crippen LogP contribution in [0.3, 0.4) is 0 Å². The summed E-state index contributed by atoms with van der Waals surface area (Å²) in [5.74, 6) is 0. The van der Waals surface area contributed by atoms with Crippen LogP contribution in [-0.4, -0.2) is 40.3 Å². The summed E-state index contributed by atoms with van der Waals surface area (Å²) in [6, 6.07) is 0. The zero-order chi connectivity index (χ0) is 0. The molecule has 0 aromatic rings. The van der Waals surface area contributed by atoms with E-state index in [2.05, 4.69) is 0 Å². The first-order chi connectivity index (χ1) is 0. The topological polar surface area (TPSA) is 91.5 Å². The van der Waals surface area contributed by atoms with E-state index in [1.54, 1.807) is 0 Å². The molecule has 28 valence electrons. The van der Waals surface area contributed by atoms with Crippen molar-refractivity contribution in [1.29, 1.82) is 0 Å². The Labute approximate surface area is 97.7 Å². The summed E-state index contributed by atoms with van der Waals surface area (Å²) in [5, 5.41) is 0. The second-order valence-corrected chi connectivity index (χ2v) is 0. The van der Waals surface area contributed by atoms with Crippen LogP contribution >= 0.6 is 0 Å². The molecule has 0 saturated heterocycles. The third-order valence-corrected chi connectivity index (χ3v) is 0. The van der Waals surface area contributed by atoms with E-state index in [0.717, 1.165) is 0 Å². The Kier molecular flexibility index (Phi) is 567. The summed E-state index contributed by atoms with van der Waals surface area (Å²) < 4.78 is 0. The predicted octanol–water partition coefficient (Wildman–Crippen LogP) is -7.55. The molecule has 4 N–H and O–H groups in total. The Morgan fingerprint density at radius 1 is 0.667 bits per heavy atom. The molecule has 6 heavy (non-hydrogen) atoms. The first-order valence-corrected chi connectivity index (χ1v) is 0. The normalized spacial score (nSPS) is 0. The van der Waals surface area contributed by atoms with Crippen molar-refractivity contribution in [2.24, 2.45) is 0 Å². The molecule has 0 fully saturated rings. The third kappa shape index (κ3) is 30.0. The molecule has 0 aromatic carbocycles. The largest absolute Gasteiger partial charge is 1.00 e. The van der Waals surface area contributed by atoms with Gasteiger partial charge in [0.15, 0.2) is 0 Å². The quantitative estimate of drug-likeness (QED) is 0.377. The number of rotatable bonds is 0. The molecule has 0 spiro atoms. The molecule has 0 aromatic heterocycles. The van der Waals surface area contributed by atoms with E-state index >= 15 is 0 Å². The van der Waals surface area contributed by atoms with Crippen molar-refractivity contribution in [3.05, 3.63) is 0 Å². The van der Waals surface area contributed by atoms with Gasteiger partial charge in [0.1, 0.15) is 0 Å². The molecule has 0 aliphatic rings. The maximum absolute atomic E-state index is 0. The Bertz CT molecular complexity index is 8.75. The van der Waals surface area contributed by atoms with Gasteiger partial charge in [0, 0.05) is 23.9 Å². The van der Waals surface area contributed by atoms with Gasteiger partial charge in [0.25, 0.3) is 0 Å². The van der Waals surface area contributed by atoms with E-state index < -0.39 is 0 Å². The van der Waals surface area contributed by atoms with Gasteiger partial charge in [-0.25, -0.2) is 0 Å². The van der Waals surface area contributed by atoms with Crippen LogP contribution in [0.5, 0.6) is 0 Å². The van der Waals surface area contributed by atoms with Crippen LogP contribution in [0.4, 0.5) is 0 Å². The Morgan fingerprint density at radius 2 is 0.667 bits per heavy atom. The van der Waals surface area contributed by atoms with Crippen molar-refractivity contribution in [3.63, 3.8) is 0 Å². The Hall–Kier alpha value is 2.68. The molecular formula is H4Na2O3Sn. The van der Waals surface area contributed by atoms with Gasteiger partial charge >= 0.3 is 59.1 Å². The van der Waals surface area contributed by atoms with Crippen LogP contribution in [0.2, 0.25) is 0 Å². The van der Waals surface area contributed by atoms with Crippen molar-refractivity contribution in [3.8, 4) is 0 Å². The standard InChI is InChI=1S/2Na.3H2O.Sn/h;;3*1H2;/q2*+1;;;;/p-2. The number of hydrogen-bond acceptors (Lipinski definition) is 2. The van der Waals surface area contributed by atoms with Gasteiger partial charge in [-0.1, -0.05) is 0 Å². The number of hydrogen-bond donors (Lipinski definition) is 0. The van der Waals surface area contributed by atoms with Crippen molar-refractivity contribution in [2.75, 3.05) is 0 Å². The van der Waals surface area contributed by atoms with Crippen molar-refractivity contribution in [2.45, 2.75) is 0 Å². The minimum Gasteiger partial charge on any atom is -0.870 e. The molecule has 0 unspecified atom stereocenters. The van der Waals surface area contributed by atoms with Crippen molar-refractivity contribution >= 4 is 23.9 Å². The Balaban J connectivity index is 0. The minimum atomic E-state index is 0. The predicted molar refractivity (Wildman–Crippen MR) is 13.2 cm³/mol. The summed E-state index contributed by atoms with van der Waals surface area (Å²) in [5.41, 5.74) is 0. The summed E-state index contributed by atoms with van der Waals surface area (Å²) in [7, 11) is 0. The van der Waals surface area contributed by atoms with Gasteiger partial charge < -0.3 is 16.4 Å². The summed E-state index contributed by atoms with van der Waals surface area (Å²) >= 11 is 0. The zero-order valence-electron chi connectivity index (χ0n) is 3.89. The van der Waals surface area contributed by atoms with Gasteiger partial charge in [0.05, 0.1) is 0 Å². The van der Waals surface area contributed by atoms with Crippen molar-refractivity contribution < 1.29 is 75.5 Å². The van der Waals surface area contributed by atoms with E-state index in [4.69, 9.17) is 0 Å². The van der Waals surface area contributed by atoms with Crippen LogP contribution in [0, 0.1) is 0 Å². The average molecular weight is 217 g/mol. The SMILES string of the molecule is O.[Na+].[Na+].[OH-].[OH-].[Sn]. The van der Waals surface area contributed by atoms with Gasteiger partial charge in [-0.15, -0.1) is 0 Å². The third-order valence-electron chi connectivity index (χ3n) is 0. The minimum absolute atomic E-state index is 0. The van der Waals surface area contributed by atoms with Gasteiger partial charge in [-0.3, -0.25) is 0 Å². The maximum atomic E-state index is 0. The molecule has 0 aliphatic heterocycles. The molecule has 6 heteroatoms. The van der Waals surface area contributed by atoms with Crippen LogP contribution in [-0.2, 0) is 0 Å². The molecule has 0 heterocycles. The zero-order valence-corrected chi connectivity index (χ0v) is 10.7. The Morgan fingerprint density at radius 3 is 0.667 bits per heavy atom. The van der Waals surface area contributed by atoms with Crippen LogP contribution in [0.25, 0.3) is 0 Å². The van der Waals surface area contributed by atoms with E-state index in [1.165, 1.54) is 0 Å². The van der Waals surface area contributed by atoms with Gasteiger partial charge in [0.2, 0.25) is 0 Å². The van der Waals surface area contributed by atoms with E-state index in [1.807, 2.05) is 0 Å². The first-order valence-electron chi connectivity index (χ1n) is 0. The van der Waals surface area contributed by atoms with Gasteiger partial charge in [-0.05, 0) is 0 Å². The first kappa shape index (κ1) is 71.3.